The normalized spacial score (nSPS) is 22.3. The van der Waals surface area contributed by atoms with E-state index in [1.807, 2.05) is 12.1 Å². The van der Waals surface area contributed by atoms with Crippen molar-refractivity contribution in [3.05, 3.63) is 41.5 Å². The number of nitrogens with zero attached hydrogens (tertiary/aromatic N) is 1. The van der Waals surface area contributed by atoms with E-state index < -0.39 is 0 Å². The zero-order valence-corrected chi connectivity index (χ0v) is 11.1. The first kappa shape index (κ1) is 13.4. The fourth-order valence-electron chi connectivity index (χ4n) is 2.47. The summed E-state index contributed by atoms with van der Waals surface area (Å²) in [5.74, 6) is 0.656. The molecule has 1 N–H and O–H groups in total. The average molecular weight is 254 g/mol. The average Bonchev–Trinajstić information content (AvgIpc) is 2.82. The molecule has 19 heavy (non-hydrogen) atoms. The van der Waals surface area contributed by atoms with Gasteiger partial charge in [-0.2, -0.15) is 5.26 Å². The van der Waals surface area contributed by atoms with E-state index in [0.717, 1.165) is 18.4 Å². The predicted molar refractivity (Wildman–Crippen MR) is 75.1 cm³/mol. The van der Waals surface area contributed by atoms with Crippen molar-refractivity contribution in [3.8, 4) is 6.07 Å². The Kier molecular flexibility index (Phi) is 4.35. The van der Waals surface area contributed by atoms with Crippen LogP contribution in [0.4, 0.5) is 0 Å². The van der Waals surface area contributed by atoms with Gasteiger partial charge < -0.3 is 5.32 Å². The number of benzene rings is 1. The topological polar surface area (TPSA) is 52.9 Å². The maximum atomic E-state index is 11.8. The third-order valence-electron chi connectivity index (χ3n) is 3.48. The quantitative estimate of drug-likeness (QED) is 0.843. The van der Waals surface area contributed by atoms with Crippen molar-refractivity contribution in [1.29, 1.82) is 5.26 Å². The van der Waals surface area contributed by atoms with Crippen LogP contribution in [0.2, 0.25) is 0 Å². The lowest BCUT2D eigenvalue weighted by Crippen LogP contribution is -2.31. The number of amides is 1. The second-order valence-corrected chi connectivity index (χ2v) is 5.19. The molecule has 2 atom stereocenters. The summed E-state index contributed by atoms with van der Waals surface area (Å²) < 4.78 is 0. The molecule has 0 aromatic heterocycles. The molecule has 0 bridgehead atoms. The fraction of sp³-hybridized carbons (Fsp3) is 0.375. The number of nitrogens with one attached hydrogen (secondary N) is 1. The van der Waals surface area contributed by atoms with E-state index in [4.69, 9.17) is 5.26 Å². The van der Waals surface area contributed by atoms with Gasteiger partial charge in [0, 0.05) is 12.1 Å². The van der Waals surface area contributed by atoms with Crippen LogP contribution in [-0.4, -0.2) is 11.9 Å². The lowest BCUT2D eigenvalue weighted by Gasteiger charge is -2.09. The van der Waals surface area contributed by atoms with Crippen LogP contribution in [0.1, 0.15) is 37.3 Å². The first-order chi connectivity index (χ1) is 9.17. The van der Waals surface area contributed by atoms with Gasteiger partial charge in [-0.1, -0.05) is 19.1 Å². The maximum absolute atomic E-state index is 11.8. The van der Waals surface area contributed by atoms with Crippen molar-refractivity contribution in [2.45, 2.75) is 32.2 Å². The van der Waals surface area contributed by atoms with Crippen LogP contribution in [0.3, 0.4) is 0 Å². The highest BCUT2D eigenvalue weighted by Gasteiger charge is 2.21. The van der Waals surface area contributed by atoms with Crippen LogP contribution in [0.15, 0.2) is 30.3 Å². The summed E-state index contributed by atoms with van der Waals surface area (Å²) in [7, 11) is 0. The van der Waals surface area contributed by atoms with Crippen molar-refractivity contribution in [2.24, 2.45) is 5.92 Å². The summed E-state index contributed by atoms with van der Waals surface area (Å²) in [6.45, 7) is 2.22. The molecule has 0 spiro atoms. The number of carbonyl (C=O) groups is 1. The lowest BCUT2D eigenvalue weighted by molar-refractivity contribution is -0.117. The second-order valence-electron chi connectivity index (χ2n) is 5.19. The van der Waals surface area contributed by atoms with Gasteiger partial charge in [-0.25, -0.2) is 0 Å². The molecular formula is C16H18N2O. The summed E-state index contributed by atoms with van der Waals surface area (Å²) in [5, 5.41) is 11.8. The summed E-state index contributed by atoms with van der Waals surface area (Å²) in [6.07, 6.45) is 6.63. The molecule has 1 aromatic rings. The molecule has 1 aliphatic rings. The van der Waals surface area contributed by atoms with Crippen molar-refractivity contribution in [3.63, 3.8) is 0 Å². The fourth-order valence-corrected chi connectivity index (χ4v) is 2.47. The predicted octanol–water partition coefficient (Wildman–Crippen LogP) is 2.88. The molecule has 3 nitrogen and oxygen atoms in total. The molecule has 0 heterocycles. The van der Waals surface area contributed by atoms with E-state index in [9.17, 15) is 4.79 Å². The smallest absolute Gasteiger partial charge is 0.244 e. The van der Waals surface area contributed by atoms with Gasteiger partial charge in [0.15, 0.2) is 0 Å². The molecule has 1 saturated carbocycles. The minimum atomic E-state index is -0.0542. The molecule has 1 fully saturated rings. The van der Waals surface area contributed by atoms with E-state index in [-0.39, 0.29) is 5.91 Å². The monoisotopic (exact) mass is 254 g/mol. The van der Waals surface area contributed by atoms with Crippen LogP contribution in [-0.2, 0) is 4.79 Å². The first-order valence-electron chi connectivity index (χ1n) is 6.66. The molecule has 1 aromatic carbocycles. The van der Waals surface area contributed by atoms with Gasteiger partial charge in [0.25, 0.3) is 0 Å². The third kappa shape index (κ3) is 3.96. The maximum Gasteiger partial charge on any atom is 0.244 e. The van der Waals surface area contributed by atoms with E-state index in [0.29, 0.717) is 17.5 Å². The van der Waals surface area contributed by atoms with Gasteiger partial charge in [-0.3, -0.25) is 4.79 Å². The highest BCUT2D eigenvalue weighted by Crippen LogP contribution is 2.24. The van der Waals surface area contributed by atoms with Crippen LogP contribution < -0.4 is 5.32 Å². The SMILES string of the molecule is CC1CCC(NC(=O)/C=C/c2cccc(C#N)c2)C1. The minimum Gasteiger partial charge on any atom is -0.350 e. The minimum absolute atomic E-state index is 0.0542. The number of hydrogen-bond donors (Lipinski definition) is 1. The molecule has 3 heteroatoms. The largest absolute Gasteiger partial charge is 0.350 e. The van der Waals surface area contributed by atoms with Gasteiger partial charge in [0.2, 0.25) is 5.91 Å². The highest BCUT2D eigenvalue weighted by molar-refractivity contribution is 5.91. The Labute approximate surface area is 113 Å². The Hall–Kier alpha value is -2.08. The number of rotatable bonds is 3. The van der Waals surface area contributed by atoms with Crippen molar-refractivity contribution in [2.75, 3.05) is 0 Å². The Balaban J connectivity index is 1.91. The van der Waals surface area contributed by atoms with Gasteiger partial charge in [-0.05, 0) is 49.0 Å². The van der Waals surface area contributed by atoms with Crippen LogP contribution >= 0.6 is 0 Å². The molecule has 2 rings (SSSR count). The number of nitriles is 1. The Morgan fingerprint density at radius 3 is 3.00 bits per heavy atom. The van der Waals surface area contributed by atoms with Crippen molar-refractivity contribution >= 4 is 12.0 Å². The van der Waals surface area contributed by atoms with E-state index in [1.165, 1.54) is 6.42 Å². The summed E-state index contributed by atoms with van der Waals surface area (Å²) in [6, 6.07) is 9.61. The Bertz CT molecular complexity index is 528. The second kappa shape index (κ2) is 6.19. The molecule has 1 amide bonds. The number of carbonyl (C=O) groups excluding carboxylic acids is 1. The van der Waals surface area contributed by atoms with Gasteiger partial charge >= 0.3 is 0 Å². The zero-order valence-electron chi connectivity index (χ0n) is 11.1. The zero-order chi connectivity index (χ0) is 13.7. The lowest BCUT2D eigenvalue weighted by atomic mass is 10.1. The molecule has 2 unspecified atom stereocenters. The summed E-state index contributed by atoms with van der Waals surface area (Å²) >= 11 is 0. The van der Waals surface area contributed by atoms with E-state index in [2.05, 4.69) is 18.3 Å². The molecular weight excluding hydrogens is 236 g/mol. The highest BCUT2D eigenvalue weighted by atomic mass is 16.1. The van der Waals surface area contributed by atoms with E-state index >= 15 is 0 Å². The van der Waals surface area contributed by atoms with E-state index in [1.54, 1.807) is 24.3 Å². The van der Waals surface area contributed by atoms with Gasteiger partial charge in [0.05, 0.1) is 11.6 Å². The molecule has 0 radical (unpaired) electrons. The first-order valence-corrected chi connectivity index (χ1v) is 6.66. The molecule has 0 saturated heterocycles. The van der Waals surface area contributed by atoms with Gasteiger partial charge in [0.1, 0.15) is 0 Å². The van der Waals surface area contributed by atoms with Crippen molar-refractivity contribution < 1.29 is 4.79 Å². The van der Waals surface area contributed by atoms with Crippen LogP contribution in [0, 0.1) is 17.2 Å². The Morgan fingerprint density at radius 2 is 2.32 bits per heavy atom. The van der Waals surface area contributed by atoms with Gasteiger partial charge in [-0.15, -0.1) is 0 Å². The number of hydrogen-bond acceptors (Lipinski definition) is 2. The molecule has 1 aliphatic carbocycles. The standard InChI is InChI=1S/C16H18N2O/c1-12-5-7-15(9-12)18-16(19)8-6-13-3-2-4-14(10-13)11-17/h2-4,6,8,10,12,15H,5,7,9H2,1H3,(H,18,19)/b8-6+. The summed E-state index contributed by atoms with van der Waals surface area (Å²) in [4.78, 5) is 11.8. The molecule has 0 aliphatic heterocycles. The van der Waals surface area contributed by atoms with Crippen LogP contribution in [0.25, 0.3) is 6.08 Å². The third-order valence-corrected chi connectivity index (χ3v) is 3.48. The summed E-state index contributed by atoms with van der Waals surface area (Å²) in [5.41, 5.74) is 1.47. The van der Waals surface area contributed by atoms with Crippen molar-refractivity contribution in [1.82, 2.24) is 5.32 Å². The van der Waals surface area contributed by atoms with Crippen LogP contribution in [0.5, 0.6) is 0 Å². The Morgan fingerprint density at radius 1 is 1.47 bits per heavy atom. The molecule has 98 valence electrons.